The highest BCUT2D eigenvalue weighted by atomic mass is 79.9. The summed E-state index contributed by atoms with van der Waals surface area (Å²) in [7, 11) is 0. The molecule has 0 aliphatic carbocycles. The Morgan fingerprint density at radius 1 is 1.06 bits per heavy atom. The highest BCUT2D eigenvalue weighted by Gasteiger charge is 2.03. The molecule has 0 aliphatic rings. The summed E-state index contributed by atoms with van der Waals surface area (Å²) in [6.07, 6.45) is 1.04. The van der Waals surface area contributed by atoms with Crippen molar-refractivity contribution in [1.29, 1.82) is 0 Å². The molecule has 2 rings (SSSR count). The Morgan fingerprint density at radius 2 is 1.72 bits per heavy atom. The van der Waals surface area contributed by atoms with Crippen molar-refractivity contribution < 1.29 is 4.74 Å². The number of ether oxygens (including phenoxy) is 1. The molecular formula is C15H16BrNO. The summed E-state index contributed by atoms with van der Waals surface area (Å²) in [6, 6.07) is 14.0. The molecule has 3 heteroatoms. The number of aryl methyl sites for hydroxylation is 1. The molecule has 0 atom stereocenters. The van der Waals surface area contributed by atoms with Crippen molar-refractivity contribution in [2.45, 2.75) is 19.9 Å². The monoisotopic (exact) mass is 305 g/mol. The molecule has 0 fully saturated rings. The number of halogens is 1. The first kappa shape index (κ1) is 13.1. The van der Waals surface area contributed by atoms with Crippen molar-refractivity contribution in [1.82, 2.24) is 0 Å². The molecule has 2 aromatic rings. The zero-order valence-electron chi connectivity index (χ0n) is 10.3. The van der Waals surface area contributed by atoms with Crippen molar-refractivity contribution in [3.05, 3.63) is 58.1 Å². The normalized spacial score (nSPS) is 10.4. The minimum atomic E-state index is 0.532. The Kier molecular flexibility index (Phi) is 4.39. The molecule has 0 unspecified atom stereocenters. The molecule has 0 aromatic heterocycles. The van der Waals surface area contributed by atoms with Crippen LogP contribution in [-0.2, 0) is 13.0 Å². The molecule has 0 amide bonds. The van der Waals surface area contributed by atoms with E-state index in [2.05, 4.69) is 35.0 Å². The van der Waals surface area contributed by atoms with Gasteiger partial charge in [0.15, 0.2) is 0 Å². The highest BCUT2D eigenvalue weighted by Crippen LogP contribution is 2.30. The van der Waals surface area contributed by atoms with E-state index in [-0.39, 0.29) is 0 Å². The SMILES string of the molecule is CCc1ccc(Oc2ccc(CN)cc2Br)cc1. The maximum absolute atomic E-state index is 5.82. The lowest BCUT2D eigenvalue weighted by Gasteiger charge is -2.09. The molecule has 0 heterocycles. The van der Waals surface area contributed by atoms with E-state index >= 15 is 0 Å². The van der Waals surface area contributed by atoms with E-state index in [1.54, 1.807) is 0 Å². The summed E-state index contributed by atoms with van der Waals surface area (Å²) < 4.78 is 6.74. The van der Waals surface area contributed by atoms with E-state index in [1.165, 1.54) is 5.56 Å². The maximum atomic E-state index is 5.82. The molecule has 18 heavy (non-hydrogen) atoms. The minimum absolute atomic E-state index is 0.532. The van der Waals surface area contributed by atoms with E-state index < -0.39 is 0 Å². The van der Waals surface area contributed by atoms with Gasteiger partial charge in [-0.2, -0.15) is 0 Å². The van der Waals surface area contributed by atoms with Crippen LogP contribution in [0.4, 0.5) is 0 Å². The van der Waals surface area contributed by atoms with Crippen molar-refractivity contribution in [2.24, 2.45) is 5.73 Å². The Labute approximate surface area is 116 Å². The topological polar surface area (TPSA) is 35.2 Å². The van der Waals surface area contributed by atoms with E-state index in [0.29, 0.717) is 6.54 Å². The lowest BCUT2D eigenvalue weighted by atomic mass is 10.2. The summed E-state index contributed by atoms with van der Waals surface area (Å²) in [6.45, 7) is 2.67. The molecule has 0 spiro atoms. The average molecular weight is 306 g/mol. The third-order valence-electron chi connectivity index (χ3n) is 2.79. The van der Waals surface area contributed by atoms with E-state index in [0.717, 1.165) is 28.0 Å². The Bertz CT molecular complexity index is 523. The number of benzene rings is 2. The van der Waals surface area contributed by atoms with Crippen LogP contribution in [0, 0.1) is 0 Å². The fourth-order valence-electron chi connectivity index (χ4n) is 1.67. The second-order valence-corrected chi connectivity index (χ2v) is 4.92. The summed E-state index contributed by atoms with van der Waals surface area (Å²) in [5, 5.41) is 0. The van der Waals surface area contributed by atoms with E-state index in [9.17, 15) is 0 Å². The van der Waals surface area contributed by atoms with Gasteiger partial charge in [0, 0.05) is 6.54 Å². The summed E-state index contributed by atoms with van der Waals surface area (Å²) in [5.74, 6) is 1.64. The van der Waals surface area contributed by atoms with Crippen LogP contribution in [0.3, 0.4) is 0 Å². The zero-order valence-corrected chi connectivity index (χ0v) is 11.9. The second kappa shape index (κ2) is 6.03. The first-order chi connectivity index (χ1) is 8.72. The van der Waals surface area contributed by atoms with Gasteiger partial charge in [0.05, 0.1) is 4.47 Å². The molecule has 2 N–H and O–H groups in total. The van der Waals surface area contributed by atoms with Crippen LogP contribution in [0.1, 0.15) is 18.1 Å². The molecule has 0 radical (unpaired) electrons. The molecule has 0 bridgehead atoms. The number of hydrogen-bond donors (Lipinski definition) is 1. The van der Waals surface area contributed by atoms with Gasteiger partial charge in [0.2, 0.25) is 0 Å². The molecule has 0 saturated carbocycles. The van der Waals surface area contributed by atoms with Crippen LogP contribution >= 0.6 is 15.9 Å². The third-order valence-corrected chi connectivity index (χ3v) is 3.41. The van der Waals surface area contributed by atoms with Gasteiger partial charge in [0.1, 0.15) is 11.5 Å². The van der Waals surface area contributed by atoms with Crippen molar-refractivity contribution in [3.63, 3.8) is 0 Å². The molecule has 0 saturated heterocycles. The third kappa shape index (κ3) is 3.12. The van der Waals surface area contributed by atoms with Crippen LogP contribution in [0.5, 0.6) is 11.5 Å². The van der Waals surface area contributed by atoms with E-state index in [4.69, 9.17) is 10.5 Å². The van der Waals surface area contributed by atoms with Gasteiger partial charge in [-0.1, -0.05) is 25.1 Å². The molecule has 94 valence electrons. The number of nitrogens with two attached hydrogens (primary N) is 1. The first-order valence-electron chi connectivity index (χ1n) is 5.98. The van der Waals surface area contributed by atoms with Gasteiger partial charge in [-0.15, -0.1) is 0 Å². The molecule has 0 aliphatic heterocycles. The predicted molar refractivity (Wildman–Crippen MR) is 77.9 cm³/mol. The lowest BCUT2D eigenvalue weighted by Crippen LogP contribution is -1.96. The Morgan fingerprint density at radius 3 is 2.28 bits per heavy atom. The fourth-order valence-corrected chi connectivity index (χ4v) is 2.18. The van der Waals surface area contributed by atoms with Gasteiger partial charge in [-0.3, -0.25) is 0 Å². The standard InChI is InChI=1S/C15H16BrNO/c1-2-11-3-6-13(7-4-11)18-15-8-5-12(10-17)9-14(15)16/h3-9H,2,10,17H2,1H3. The zero-order chi connectivity index (χ0) is 13.0. The van der Waals surface area contributed by atoms with Crippen molar-refractivity contribution >= 4 is 15.9 Å². The Hall–Kier alpha value is -1.32. The molecule has 2 aromatic carbocycles. The number of hydrogen-bond acceptors (Lipinski definition) is 2. The predicted octanol–water partition coefficient (Wildman–Crippen LogP) is 4.26. The number of rotatable bonds is 4. The smallest absolute Gasteiger partial charge is 0.141 e. The molecule has 2 nitrogen and oxygen atoms in total. The van der Waals surface area contributed by atoms with Crippen LogP contribution in [-0.4, -0.2) is 0 Å². The summed E-state index contributed by atoms with van der Waals surface area (Å²) in [5.41, 5.74) is 7.98. The lowest BCUT2D eigenvalue weighted by molar-refractivity contribution is 0.479. The first-order valence-corrected chi connectivity index (χ1v) is 6.77. The summed E-state index contributed by atoms with van der Waals surface area (Å²) >= 11 is 3.49. The Balaban J connectivity index is 2.17. The second-order valence-electron chi connectivity index (χ2n) is 4.07. The fraction of sp³-hybridized carbons (Fsp3) is 0.200. The van der Waals surface area contributed by atoms with Gasteiger partial charge in [0.25, 0.3) is 0 Å². The van der Waals surface area contributed by atoms with Crippen molar-refractivity contribution in [3.8, 4) is 11.5 Å². The van der Waals surface area contributed by atoms with Crippen LogP contribution in [0.2, 0.25) is 0 Å². The van der Waals surface area contributed by atoms with Gasteiger partial charge in [-0.05, 0) is 57.7 Å². The van der Waals surface area contributed by atoms with Crippen LogP contribution in [0.25, 0.3) is 0 Å². The van der Waals surface area contributed by atoms with Gasteiger partial charge < -0.3 is 10.5 Å². The minimum Gasteiger partial charge on any atom is -0.456 e. The maximum Gasteiger partial charge on any atom is 0.141 e. The van der Waals surface area contributed by atoms with Crippen LogP contribution < -0.4 is 10.5 Å². The average Bonchev–Trinajstić information content (AvgIpc) is 2.42. The highest BCUT2D eigenvalue weighted by molar-refractivity contribution is 9.10. The largest absolute Gasteiger partial charge is 0.456 e. The van der Waals surface area contributed by atoms with Crippen molar-refractivity contribution in [2.75, 3.05) is 0 Å². The molecular weight excluding hydrogens is 290 g/mol. The summed E-state index contributed by atoms with van der Waals surface area (Å²) in [4.78, 5) is 0. The van der Waals surface area contributed by atoms with Gasteiger partial charge >= 0.3 is 0 Å². The van der Waals surface area contributed by atoms with Crippen LogP contribution in [0.15, 0.2) is 46.9 Å². The quantitative estimate of drug-likeness (QED) is 0.916. The van der Waals surface area contributed by atoms with E-state index in [1.807, 2.05) is 30.3 Å². The van der Waals surface area contributed by atoms with Gasteiger partial charge in [-0.25, -0.2) is 0 Å².